The Balaban J connectivity index is 2.78. The van der Waals surface area contributed by atoms with Crippen LogP contribution in [0.2, 0.25) is 0 Å². The Kier molecular flexibility index (Phi) is 3.14. The first-order valence-electron chi connectivity index (χ1n) is 4.89. The van der Waals surface area contributed by atoms with E-state index in [0.29, 0.717) is 13.0 Å². The SMILES string of the molecule is CCC1(N)CCCCCN1C(=O)O. The molecule has 1 saturated heterocycles. The molecule has 1 unspecified atom stereocenters. The molecule has 1 atom stereocenters. The number of carboxylic acid groups (broad SMARTS) is 1. The van der Waals surface area contributed by atoms with Gasteiger partial charge >= 0.3 is 6.09 Å². The van der Waals surface area contributed by atoms with Gasteiger partial charge in [-0.1, -0.05) is 13.3 Å². The zero-order valence-electron chi connectivity index (χ0n) is 8.12. The number of carbonyl (C=O) groups is 1. The van der Waals surface area contributed by atoms with Gasteiger partial charge in [-0.15, -0.1) is 0 Å². The maximum atomic E-state index is 10.9. The number of nitrogens with two attached hydrogens (primary N) is 1. The van der Waals surface area contributed by atoms with Crippen LogP contribution in [0.25, 0.3) is 0 Å². The van der Waals surface area contributed by atoms with E-state index in [1.807, 2.05) is 6.92 Å². The quantitative estimate of drug-likeness (QED) is 0.653. The molecule has 0 spiro atoms. The summed E-state index contributed by atoms with van der Waals surface area (Å²) in [7, 11) is 0. The van der Waals surface area contributed by atoms with Crippen molar-refractivity contribution in [1.82, 2.24) is 4.90 Å². The zero-order chi connectivity index (χ0) is 9.90. The topological polar surface area (TPSA) is 66.6 Å². The number of hydrogen-bond donors (Lipinski definition) is 2. The fourth-order valence-electron chi connectivity index (χ4n) is 1.89. The van der Waals surface area contributed by atoms with E-state index in [0.717, 1.165) is 25.7 Å². The van der Waals surface area contributed by atoms with Crippen molar-refractivity contribution in [2.24, 2.45) is 5.73 Å². The van der Waals surface area contributed by atoms with E-state index in [1.54, 1.807) is 0 Å². The van der Waals surface area contributed by atoms with Crippen LogP contribution < -0.4 is 5.73 Å². The summed E-state index contributed by atoms with van der Waals surface area (Å²) in [5.41, 5.74) is 5.43. The molecule has 0 saturated carbocycles. The third-order valence-corrected chi connectivity index (χ3v) is 2.87. The van der Waals surface area contributed by atoms with Gasteiger partial charge in [0.25, 0.3) is 0 Å². The monoisotopic (exact) mass is 186 g/mol. The van der Waals surface area contributed by atoms with Crippen molar-refractivity contribution in [3.05, 3.63) is 0 Å². The maximum absolute atomic E-state index is 10.9. The van der Waals surface area contributed by atoms with Gasteiger partial charge in [0, 0.05) is 6.54 Å². The Hall–Kier alpha value is -0.770. The Labute approximate surface area is 78.7 Å². The predicted molar refractivity (Wildman–Crippen MR) is 50.4 cm³/mol. The molecule has 1 rings (SSSR count). The van der Waals surface area contributed by atoms with Crippen LogP contribution >= 0.6 is 0 Å². The smallest absolute Gasteiger partial charge is 0.408 e. The van der Waals surface area contributed by atoms with Crippen molar-refractivity contribution < 1.29 is 9.90 Å². The van der Waals surface area contributed by atoms with Gasteiger partial charge in [0.1, 0.15) is 0 Å². The van der Waals surface area contributed by atoms with E-state index in [-0.39, 0.29) is 0 Å². The lowest BCUT2D eigenvalue weighted by molar-refractivity contribution is 0.0756. The van der Waals surface area contributed by atoms with Crippen LogP contribution in [0.4, 0.5) is 4.79 Å². The lowest BCUT2D eigenvalue weighted by Crippen LogP contribution is -2.57. The van der Waals surface area contributed by atoms with Crippen LogP contribution in [0.3, 0.4) is 0 Å². The summed E-state index contributed by atoms with van der Waals surface area (Å²) in [6.45, 7) is 2.53. The van der Waals surface area contributed by atoms with E-state index >= 15 is 0 Å². The maximum Gasteiger partial charge on any atom is 0.408 e. The first-order chi connectivity index (χ1) is 6.10. The van der Waals surface area contributed by atoms with Gasteiger partial charge in [-0.25, -0.2) is 4.79 Å². The summed E-state index contributed by atoms with van der Waals surface area (Å²) in [6, 6.07) is 0. The van der Waals surface area contributed by atoms with Gasteiger partial charge in [-0.2, -0.15) is 0 Å². The van der Waals surface area contributed by atoms with E-state index in [4.69, 9.17) is 10.8 Å². The molecule has 13 heavy (non-hydrogen) atoms. The molecule has 3 N–H and O–H groups in total. The Morgan fingerprint density at radius 3 is 2.77 bits per heavy atom. The summed E-state index contributed by atoms with van der Waals surface area (Å²) < 4.78 is 0. The molecule has 0 radical (unpaired) electrons. The molecule has 4 heteroatoms. The number of nitrogens with zero attached hydrogens (tertiary/aromatic N) is 1. The molecular formula is C9H18N2O2. The Morgan fingerprint density at radius 1 is 1.54 bits per heavy atom. The molecular weight excluding hydrogens is 168 g/mol. The highest BCUT2D eigenvalue weighted by molar-refractivity contribution is 5.66. The average Bonchev–Trinajstić information content (AvgIpc) is 2.27. The molecule has 1 amide bonds. The highest BCUT2D eigenvalue weighted by Gasteiger charge is 2.35. The molecule has 4 nitrogen and oxygen atoms in total. The minimum Gasteiger partial charge on any atom is -0.465 e. The molecule has 1 heterocycles. The Bertz CT molecular complexity index is 196. The van der Waals surface area contributed by atoms with E-state index in [1.165, 1.54) is 4.90 Å². The molecule has 0 aromatic heterocycles. The summed E-state index contributed by atoms with van der Waals surface area (Å²) in [6.07, 6.45) is 3.66. The number of rotatable bonds is 1. The molecule has 1 aliphatic heterocycles. The van der Waals surface area contributed by atoms with Crippen LogP contribution in [0.1, 0.15) is 39.0 Å². The zero-order valence-corrected chi connectivity index (χ0v) is 8.12. The van der Waals surface area contributed by atoms with Gasteiger partial charge in [-0.3, -0.25) is 4.90 Å². The fraction of sp³-hybridized carbons (Fsp3) is 0.889. The van der Waals surface area contributed by atoms with Crippen LogP contribution in [-0.2, 0) is 0 Å². The van der Waals surface area contributed by atoms with Gasteiger partial charge in [0.15, 0.2) is 0 Å². The summed E-state index contributed by atoms with van der Waals surface area (Å²) >= 11 is 0. The van der Waals surface area contributed by atoms with Gasteiger partial charge < -0.3 is 10.8 Å². The van der Waals surface area contributed by atoms with E-state index in [9.17, 15) is 4.79 Å². The standard InChI is InChI=1S/C9H18N2O2/c1-2-9(10)6-4-3-5-7-11(9)8(12)13/h2-7,10H2,1H3,(H,12,13). The Morgan fingerprint density at radius 2 is 2.23 bits per heavy atom. The van der Waals surface area contributed by atoms with Gasteiger partial charge in [0.05, 0.1) is 5.66 Å². The van der Waals surface area contributed by atoms with Crippen LogP contribution in [0.5, 0.6) is 0 Å². The van der Waals surface area contributed by atoms with E-state index < -0.39 is 11.8 Å². The summed E-state index contributed by atoms with van der Waals surface area (Å²) in [4.78, 5) is 12.3. The summed E-state index contributed by atoms with van der Waals surface area (Å²) in [5.74, 6) is 0. The first kappa shape index (κ1) is 10.3. The van der Waals surface area contributed by atoms with Crippen molar-refractivity contribution in [2.75, 3.05) is 6.54 Å². The van der Waals surface area contributed by atoms with Crippen molar-refractivity contribution in [3.8, 4) is 0 Å². The highest BCUT2D eigenvalue weighted by atomic mass is 16.4. The molecule has 1 aliphatic rings. The third kappa shape index (κ3) is 2.12. The average molecular weight is 186 g/mol. The molecule has 1 fully saturated rings. The number of hydrogen-bond acceptors (Lipinski definition) is 2. The fourth-order valence-corrected chi connectivity index (χ4v) is 1.89. The van der Waals surface area contributed by atoms with Crippen molar-refractivity contribution in [1.29, 1.82) is 0 Å². The second-order valence-electron chi connectivity index (χ2n) is 3.70. The minimum absolute atomic E-state index is 0.583. The molecule has 0 aliphatic carbocycles. The molecule has 0 bridgehead atoms. The van der Waals surface area contributed by atoms with Crippen LogP contribution in [-0.4, -0.2) is 28.3 Å². The normalized spacial score (nSPS) is 29.8. The van der Waals surface area contributed by atoms with Crippen LogP contribution in [0, 0.1) is 0 Å². The molecule has 0 aromatic rings. The molecule has 76 valence electrons. The minimum atomic E-state index is -0.883. The molecule has 0 aromatic carbocycles. The first-order valence-corrected chi connectivity index (χ1v) is 4.89. The third-order valence-electron chi connectivity index (χ3n) is 2.87. The predicted octanol–water partition coefficient (Wildman–Crippen LogP) is 1.61. The lowest BCUT2D eigenvalue weighted by Gasteiger charge is -2.37. The van der Waals surface area contributed by atoms with Gasteiger partial charge in [-0.05, 0) is 25.7 Å². The number of likely N-dealkylation sites (tertiary alicyclic amines) is 1. The van der Waals surface area contributed by atoms with Crippen molar-refractivity contribution in [2.45, 2.75) is 44.7 Å². The van der Waals surface area contributed by atoms with Crippen molar-refractivity contribution >= 4 is 6.09 Å². The summed E-state index contributed by atoms with van der Waals surface area (Å²) in [5, 5.41) is 8.98. The van der Waals surface area contributed by atoms with Crippen LogP contribution in [0.15, 0.2) is 0 Å². The second kappa shape index (κ2) is 3.96. The van der Waals surface area contributed by atoms with Crippen molar-refractivity contribution in [3.63, 3.8) is 0 Å². The second-order valence-corrected chi connectivity index (χ2v) is 3.70. The van der Waals surface area contributed by atoms with Gasteiger partial charge in [0.2, 0.25) is 0 Å². The lowest BCUT2D eigenvalue weighted by atomic mass is 10.0. The number of amides is 1. The van der Waals surface area contributed by atoms with E-state index in [2.05, 4.69) is 0 Å². The largest absolute Gasteiger partial charge is 0.465 e. The highest BCUT2D eigenvalue weighted by Crippen LogP contribution is 2.25.